The van der Waals surface area contributed by atoms with Crippen LogP contribution in [-0.2, 0) is 9.59 Å². The molecule has 1 aliphatic carbocycles. The maximum Gasteiger partial charge on any atom is 0.228 e. The lowest BCUT2D eigenvalue weighted by atomic mass is 10.0. The third kappa shape index (κ3) is 2.85. The van der Waals surface area contributed by atoms with Crippen molar-refractivity contribution < 1.29 is 9.59 Å². The molecular formula is C19H31N3O2. The molecule has 0 aromatic rings. The zero-order chi connectivity index (χ0) is 16.7. The first-order valence-electron chi connectivity index (χ1n) is 9.95. The summed E-state index contributed by atoms with van der Waals surface area (Å²) >= 11 is 0. The van der Waals surface area contributed by atoms with Crippen molar-refractivity contribution in [3.8, 4) is 0 Å². The molecule has 3 atom stereocenters. The molecule has 24 heavy (non-hydrogen) atoms. The number of likely N-dealkylation sites (N-methyl/N-ethyl adjacent to an activating group) is 1. The number of carbonyl (C=O) groups is 2. The molecule has 4 aliphatic rings. The second kappa shape index (κ2) is 6.66. The summed E-state index contributed by atoms with van der Waals surface area (Å²) in [4.78, 5) is 32.2. The zero-order valence-electron chi connectivity index (χ0n) is 15.0. The van der Waals surface area contributed by atoms with E-state index in [1.165, 1.54) is 25.7 Å². The van der Waals surface area contributed by atoms with E-state index in [4.69, 9.17) is 0 Å². The molecule has 0 radical (unpaired) electrons. The van der Waals surface area contributed by atoms with Crippen LogP contribution in [0.5, 0.6) is 0 Å². The van der Waals surface area contributed by atoms with Crippen molar-refractivity contribution in [2.45, 2.75) is 75.9 Å². The van der Waals surface area contributed by atoms with E-state index < -0.39 is 0 Å². The Hall–Kier alpha value is -1.10. The number of hydrogen-bond donors (Lipinski definition) is 0. The van der Waals surface area contributed by atoms with Crippen LogP contribution in [0.15, 0.2) is 0 Å². The molecule has 134 valence electrons. The molecule has 5 heteroatoms. The molecule has 4 fully saturated rings. The van der Waals surface area contributed by atoms with Gasteiger partial charge in [0, 0.05) is 37.6 Å². The van der Waals surface area contributed by atoms with Crippen molar-refractivity contribution in [2.75, 3.05) is 26.7 Å². The van der Waals surface area contributed by atoms with E-state index in [9.17, 15) is 9.59 Å². The van der Waals surface area contributed by atoms with E-state index in [0.29, 0.717) is 31.1 Å². The van der Waals surface area contributed by atoms with Crippen LogP contribution in [0.1, 0.15) is 57.8 Å². The fourth-order valence-corrected chi connectivity index (χ4v) is 5.59. The van der Waals surface area contributed by atoms with Crippen molar-refractivity contribution in [1.82, 2.24) is 14.7 Å². The lowest BCUT2D eigenvalue weighted by Crippen LogP contribution is -2.49. The Morgan fingerprint density at radius 1 is 0.958 bits per heavy atom. The van der Waals surface area contributed by atoms with Gasteiger partial charge in [-0.3, -0.25) is 9.59 Å². The molecule has 2 amide bonds. The van der Waals surface area contributed by atoms with Crippen molar-refractivity contribution in [2.24, 2.45) is 5.92 Å². The van der Waals surface area contributed by atoms with Gasteiger partial charge >= 0.3 is 0 Å². The van der Waals surface area contributed by atoms with E-state index >= 15 is 0 Å². The van der Waals surface area contributed by atoms with Crippen LogP contribution in [0.2, 0.25) is 0 Å². The standard InChI is InChI=1S/C19H31N3O2/c1-20-10-4-8-16(20)17-9-5-11-21(17)19(24)14-12-18(23)22(13-14)15-6-2-3-7-15/h14-17H,2-13H2,1H3. The minimum absolute atomic E-state index is 0.0922. The minimum atomic E-state index is -0.0922. The summed E-state index contributed by atoms with van der Waals surface area (Å²) in [6.07, 6.45) is 9.88. The fraction of sp³-hybridized carbons (Fsp3) is 0.895. The largest absolute Gasteiger partial charge is 0.339 e. The van der Waals surface area contributed by atoms with Gasteiger partial charge in [-0.25, -0.2) is 0 Å². The number of amides is 2. The Morgan fingerprint density at radius 2 is 1.67 bits per heavy atom. The predicted molar refractivity (Wildman–Crippen MR) is 92.5 cm³/mol. The summed E-state index contributed by atoms with van der Waals surface area (Å²) in [7, 11) is 2.19. The molecule has 0 N–H and O–H groups in total. The quantitative estimate of drug-likeness (QED) is 0.792. The van der Waals surface area contributed by atoms with Crippen molar-refractivity contribution in [1.29, 1.82) is 0 Å². The molecule has 3 aliphatic heterocycles. The highest BCUT2D eigenvalue weighted by atomic mass is 16.2. The highest BCUT2D eigenvalue weighted by Gasteiger charge is 2.44. The normalized spacial score (nSPS) is 35.5. The molecule has 3 saturated heterocycles. The molecule has 3 unspecified atom stereocenters. The molecule has 5 nitrogen and oxygen atoms in total. The van der Waals surface area contributed by atoms with Gasteiger partial charge in [0.15, 0.2) is 0 Å². The molecule has 0 bridgehead atoms. The van der Waals surface area contributed by atoms with Gasteiger partial charge in [0.2, 0.25) is 11.8 Å². The third-order valence-corrected chi connectivity index (χ3v) is 6.88. The molecular weight excluding hydrogens is 302 g/mol. The molecule has 0 aromatic heterocycles. The Kier molecular flexibility index (Phi) is 4.54. The van der Waals surface area contributed by atoms with Gasteiger partial charge in [0.25, 0.3) is 0 Å². The highest BCUT2D eigenvalue weighted by molar-refractivity contribution is 5.89. The maximum absolute atomic E-state index is 13.2. The van der Waals surface area contributed by atoms with Gasteiger partial charge in [0.1, 0.15) is 0 Å². The number of rotatable bonds is 3. The Balaban J connectivity index is 1.42. The van der Waals surface area contributed by atoms with E-state index in [1.54, 1.807) is 0 Å². The van der Waals surface area contributed by atoms with Crippen LogP contribution in [0.4, 0.5) is 0 Å². The van der Waals surface area contributed by atoms with E-state index in [1.807, 2.05) is 4.90 Å². The second-order valence-electron chi connectivity index (χ2n) is 8.32. The number of nitrogens with zero attached hydrogens (tertiary/aromatic N) is 3. The summed E-state index contributed by atoms with van der Waals surface area (Å²) in [6.45, 7) is 2.72. The molecule has 4 rings (SSSR count). The number of hydrogen-bond acceptors (Lipinski definition) is 3. The summed E-state index contributed by atoms with van der Waals surface area (Å²) in [6, 6.07) is 1.31. The first kappa shape index (κ1) is 16.4. The summed E-state index contributed by atoms with van der Waals surface area (Å²) in [5, 5.41) is 0. The Labute approximate surface area is 145 Å². The summed E-state index contributed by atoms with van der Waals surface area (Å²) in [5.41, 5.74) is 0. The van der Waals surface area contributed by atoms with Gasteiger partial charge in [-0.05, 0) is 52.1 Å². The van der Waals surface area contributed by atoms with Gasteiger partial charge in [-0.15, -0.1) is 0 Å². The van der Waals surface area contributed by atoms with Gasteiger partial charge in [-0.1, -0.05) is 12.8 Å². The maximum atomic E-state index is 13.2. The monoisotopic (exact) mass is 333 g/mol. The number of likely N-dealkylation sites (tertiary alicyclic amines) is 3. The average molecular weight is 333 g/mol. The average Bonchev–Trinajstić information content (AvgIpc) is 3.33. The van der Waals surface area contributed by atoms with Gasteiger partial charge in [0.05, 0.1) is 5.92 Å². The van der Waals surface area contributed by atoms with Crippen LogP contribution < -0.4 is 0 Å². The minimum Gasteiger partial charge on any atom is -0.339 e. The fourth-order valence-electron chi connectivity index (χ4n) is 5.59. The Bertz CT molecular complexity index is 503. The van der Waals surface area contributed by atoms with E-state index in [2.05, 4.69) is 16.8 Å². The van der Waals surface area contributed by atoms with Crippen LogP contribution in [0.3, 0.4) is 0 Å². The van der Waals surface area contributed by atoms with Crippen molar-refractivity contribution in [3.63, 3.8) is 0 Å². The molecule has 3 heterocycles. The van der Waals surface area contributed by atoms with Gasteiger partial charge < -0.3 is 14.7 Å². The van der Waals surface area contributed by atoms with Crippen LogP contribution >= 0.6 is 0 Å². The van der Waals surface area contributed by atoms with Crippen LogP contribution in [0, 0.1) is 5.92 Å². The summed E-state index contributed by atoms with van der Waals surface area (Å²) in [5.74, 6) is 0.381. The van der Waals surface area contributed by atoms with Crippen LogP contribution in [-0.4, -0.2) is 71.3 Å². The zero-order valence-corrected chi connectivity index (χ0v) is 15.0. The SMILES string of the molecule is CN1CCCC1C1CCCN1C(=O)C1CC(=O)N(C2CCCC2)C1. The van der Waals surface area contributed by atoms with E-state index in [0.717, 1.165) is 38.8 Å². The van der Waals surface area contributed by atoms with Gasteiger partial charge in [-0.2, -0.15) is 0 Å². The smallest absolute Gasteiger partial charge is 0.228 e. The third-order valence-electron chi connectivity index (χ3n) is 6.88. The Morgan fingerprint density at radius 3 is 2.38 bits per heavy atom. The molecule has 1 saturated carbocycles. The molecule has 0 aromatic carbocycles. The predicted octanol–water partition coefficient (Wildman–Crippen LogP) is 1.86. The first-order valence-corrected chi connectivity index (χ1v) is 9.95. The molecule has 0 spiro atoms. The van der Waals surface area contributed by atoms with Crippen LogP contribution in [0.25, 0.3) is 0 Å². The highest BCUT2D eigenvalue weighted by Crippen LogP contribution is 2.34. The first-order chi connectivity index (χ1) is 11.6. The topological polar surface area (TPSA) is 43.9 Å². The van der Waals surface area contributed by atoms with E-state index in [-0.39, 0.29) is 17.7 Å². The van der Waals surface area contributed by atoms with Crippen molar-refractivity contribution >= 4 is 11.8 Å². The van der Waals surface area contributed by atoms with Crippen molar-refractivity contribution in [3.05, 3.63) is 0 Å². The lowest BCUT2D eigenvalue weighted by molar-refractivity contribution is -0.137. The second-order valence-corrected chi connectivity index (χ2v) is 8.32. The number of carbonyl (C=O) groups excluding carboxylic acids is 2. The lowest BCUT2D eigenvalue weighted by Gasteiger charge is -2.34. The summed E-state index contributed by atoms with van der Waals surface area (Å²) < 4.78 is 0.